The molecule has 0 fully saturated rings. The molecule has 0 heterocycles. The van der Waals surface area contributed by atoms with Gasteiger partial charge in [-0.25, -0.2) is 0 Å². The van der Waals surface area contributed by atoms with Crippen molar-refractivity contribution in [1.82, 2.24) is 0 Å². The summed E-state index contributed by atoms with van der Waals surface area (Å²) in [5.74, 6) is 0. The van der Waals surface area contributed by atoms with Gasteiger partial charge in [-0.2, -0.15) is 21.6 Å². The van der Waals surface area contributed by atoms with Gasteiger partial charge in [0.1, 0.15) is 0 Å². The van der Waals surface area contributed by atoms with Crippen LogP contribution in [0.4, 0.5) is 13.2 Å². The molecular weight excluding hydrogens is 245 g/mol. The Morgan fingerprint density at radius 3 is 2.06 bits per heavy atom. The summed E-state index contributed by atoms with van der Waals surface area (Å²) >= 11 is 0. The van der Waals surface area contributed by atoms with Gasteiger partial charge in [0, 0.05) is 0 Å². The van der Waals surface area contributed by atoms with E-state index in [1.165, 1.54) is 18.2 Å². The van der Waals surface area contributed by atoms with Crippen molar-refractivity contribution in [3.8, 4) is 0 Å². The number of halogens is 3. The fraction of sp³-hybridized carbons (Fsp3) is 0.333. The molecule has 0 aromatic heterocycles. The topological polar surface area (TPSA) is 43.4 Å². The summed E-state index contributed by atoms with van der Waals surface area (Å²) in [5.41, 5.74) is -0.250. The fourth-order valence-corrected chi connectivity index (χ4v) is 1.67. The Bertz CT molecular complexity index is 439. The van der Waals surface area contributed by atoms with Crippen LogP contribution in [0.2, 0.25) is 0 Å². The molecule has 1 unspecified atom stereocenters. The van der Waals surface area contributed by atoms with E-state index >= 15 is 0 Å². The van der Waals surface area contributed by atoms with Gasteiger partial charge in [0.25, 0.3) is 10.1 Å². The summed E-state index contributed by atoms with van der Waals surface area (Å²) in [4.78, 5) is 0. The quantitative estimate of drug-likeness (QED) is 0.777. The molecule has 0 saturated heterocycles. The normalized spacial score (nSPS) is 14.8. The Balaban J connectivity index is 3.08. The maximum absolute atomic E-state index is 12.5. The van der Waals surface area contributed by atoms with Gasteiger partial charge in [-0.1, -0.05) is 30.3 Å². The van der Waals surface area contributed by atoms with E-state index < -0.39 is 22.4 Å². The van der Waals surface area contributed by atoms with Gasteiger partial charge in [-0.05, 0) is 5.56 Å². The van der Waals surface area contributed by atoms with Crippen molar-refractivity contribution in [3.05, 3.63) is 35.9 Å². The molecule has 0 aliphatic carbocycles. The Morgan fingerprint density at radius 1 is 1.19 bits per heavy atom. The third kappa shape index (κ3) is 3.82. The minimum Gasteiger partial charge on any atom is -0.252 e. The molecule has 3 nitrogen and oxygen atoms in total. The Labute approximate surface area is 91.0 Å². The van der Waals surface area contributed by atoms with Crippen LogP contribution in [0.3, 0.4) is 0 Å². The minimum atomic E-state index is -4.77. The molecule has 16 heavy (non-hydrogen) atoms. The van der Waals surface area contributed by atoms with Gasteiger partial charge in [0.2, 0.25) is 0 Å². The molecule has 0 N–H and O–H groups in total. The zero-order valence-electron chi connectivity index (χ0n) is 8.23. The molecule has 1 aromatic rings. The number of alkyl halides is 3. The van der Waals surface area contributed by atoms with E-state index in [2.05, 4.69) is 4.18 Å². The maximum atomic E-state index is 12.5. The van der Waals surface area contributed by atoms with E-state index in [0.717, 1.165) is 12.1 Å². The second-order valence-corrected chi connectivity index (χ2v) is 4.73. The van der Waals surface area contributed by atoms with Gasteiger partial charge in [0.05, 0.1) is 6.26 Å². The Morgan fingerprint density at radius 2 is 1.69 bits per heavy atom. The van der Waals surface area contributed by atoms with Crippen molar-refractivity contribution in [2.24, 2.45) is 0 Å². The van der Waals surface area contributed by atoms with Crippen LogP contribution in [0.5, 0.6) is 0 Å². The summed E-state index contributed by atoms with van der Waals surface area (Å²) in [5, 5.41) is 0. The van der Waals surface area contributed by atoms with Crippen LogP contribution in [0.25, 0.3) is 0 Å². The molecule has 1 atom stereocenters. The van der Waals surface area contributed by atoms with E-state index in [1.807, 2.05) is 0 Å². The fourth-order valence-electron chi connectivity index (χ4n) is 1.10. The molecule has 0 saturated carbocycles. The Hall–Kier alpha value is -1.08. The highest BCUT2D eigenvalue weighted by molar-refractivity contribution is 7.86. The number of benzene rings is 1. The van der Waals surface area contributed by atoms with Gasteiger partial charge < -0.3 is 0 Å². The van der Waals surface area contributed by atoms with Gasteiger partial charge >= 0.3 is 6.18 Å². The molecule has 7 heteroatoms. The monoisotopic (exact) mass is 254 g/mol. The average molecular weight is 254 g/mol. The van der Waals surface area contributed by atoms with Gasteiger partial charge in [0.15, 0.2) is 6.10 Å². The Kier molecular flexibility index (Phi) is 3.59. The zero-order chi connectivity index (χ0) is 12.4. The van der Waals surface area contributed by atoms with Crippen molar-refractivity contribution in [2.45, 2.75) is 12.3 Å². The number of hydrogen-bond acceptors (Lipinski definition) is 3. The van der Waals surface area contributed by atoms with Crippen molar-refractivity contribution in [2.75, 3.05) is 6.26 Å². The molecule has 0 spiro atoms. The first-order chi connectivity index (χ1) is 7.20. The first-order valence-corrected chi connectivity index (χ1v) is 6.02. The van der Waals surface area contributed by atoms with E-state index in [-0.39, 0.29) is 5.56 Å². The van der Waals surface area contributed by atoms with Crippen LogP contribution in [0.15, 0.2) is 30.3 Å². The van der Waals surface area contributed by atoms with Crippen LogP contribution in [0, 0.1) is 0 Å². The van der Waals surface area contributed by atoms with Crippen LogP contribution in [-0.2, 0) is 14.3 Å². The SMILES string of the molecule is CS(=O)(=O)OC(c1ccccc1)C(F)(F)F. The lowest BCUT2D eigenvalue weighted by Crippen LogP contribution is -2.25. The smallest absolute Gasteiger partial charge is 0.252 e. The van der Waals surface area contributed by atoms with Crippen LogP contribution >= 0.6 is 0 Å². The molecule has 0 amide bonds. The van der Waals surface area contributed by atoms with Crippen molar-refractivity contribution >= 4 is 10.1 Å². The standard InChI is InChI=1S/C9H9F3O3S/c1-16(13,14)15-8(9(10,11)12)7-5-3-2-4-6-7/h2-6,8H,1H3. The second-order valence-electron chi connectivity index (χ2n) is 3.13. The number of rotatable bonds is 3. The molecular formula is C9H9F3O3S. The summed E-state index contributed by atoms with van der Waals surface area (Å²) in [6.45, 7) is 0. The third-order valence-corrected chi connectivity index (χ3v) is 2.21. The van der Waals surface area contributed by atoms with E-state index in [4.69, 9.17) is 0 Å². The zero-order valence-corrected chi connectivity index (χ0v) is 9.05. The van der Waals surface area contributed by atoms with Crippen LogP contribution in [0.1, 0.15) is 11.7 Å². The predicted molar refractivity (Wildman–Crippen MR) is 51.2 cm³/mol. The second kappa shape index (κ2) is 4.42. The van der Waals surface area contributed by atoms with Crippen molar-refractivity contribution in [1.29, 1.82) is 0 Å². The first kappa shape index (κ1) is 13.0. The summed E-state index contributed by atoms with van der Waals surface area (Å²) in [7, 11) is -4.17. The molecule has 0 aliphatic heterocycles. The molecule has 1 rings (SSSR count). The lowest BCUT2D eigenvalue weighted by atomic mass is 10.1. The highest BCUT2D eigenvalue weighted by Gasteiger charge is 2.44. The summed E-state index contributed by atoms with van der Waals surface area (Å²) < 4.78 is 63.2. The predicted octanol–water partition coefficient (Wildman–Crippen LogP) is 2.27. The van der Waals surface area contributed by atoms with Gasteiger partial charge in [-0.15, -0.1) is 0 Å². The lowest BCUT2D eigenvalue weighted by molar-refractivity contribution is -0.196. The third-order valence-electron chi connectivity index (χ3n) is 1.67. The van der Waals surface area contributed by atoms with E-state index in [9.17, 15) is 21.6 Å². The molecule has 0 aliphatic rings. The molecule has 0 radical (unpaired) electrons. The maximum Gasteiger partial charge on any atom is 0.420 e. The molecule has 0 bridgehead atoms. The summed E-state index contributed by atoms with van der Waals surface area (Å²) in [6.07, 6.45) is -6.65. The highest BCUT2D eigenvalue weighted by atomic mass is 32.2. The van der Waals surface area contributed by atoms with Crippen LogP contribution < -0.4 is 0 Å². The number of hydrogen-bond donors (Lipinski definition) is 0. The van der Waals surface area contributed by atoms with Crippen molar-refractivity contribution < 1.29 is 25.8 Å². The minimum absolute atomic E-state index is 0.250. The average Bonchev–Trinajstić information content (AvgIpc) is 2.13. The van der Waals surface area contributed by atoms with E-state index in [0.29, 0.717) is 6.26 Å². The molecule has 90 valence electrons. The largest absolute Gasteiger partial charge is 0.420 e. The first-order valence-electron chi connectivity index (χ1n) is 4.20. The lowest BCUT2D eigenvalue weighted by Gasteiger charge is -2.19. The van der Waals surface area contributed by atoms with Gasteiger partial charge in [-0.3, -0.25) is 4.18 Å². The summed E-state index contributed by atoms with van der Waals surface area (Å²) in [6, 6.07) is 6.59. The van der Waals surface area contributed by atoms with Crippen molar-refractivity contribution in [3.63, 3.8) is 0 Å². The van der Waals surface area contributed by atoms with Crippen LogP contribution in [-0.4, -0.2) is 20.8 Å². The molecule has 1 aromatic carbocycles. The highest BCUT2D eigenvalue weighted by Crippen LogP contribution is 2.36. The van der Waals surface area contributed by atoms with E-state index in [1.54, 1.807) is 0 Å².